The number of ether oxygens (including phenoxy) is 1. The number of carbonyl (C=O) groups excluding carboxylic acids is 1. The molecule has 0 aliphatic carbocycles. The summed E-state index contributed by atoms with van der Waals surface area (Å²) in [6.45, 7) is 1.41. The number of carbonyl (C=O) groups is 1. The molecule has 0 spiro atoms. The van der Waals surface area contributed by atoms with Crippen molar-refractivity contribution in [3.05, 3.63) is 32.4 Å². The Morgan fingerprint density at radius 3 is 2.67 bits per heavy atom. The summed E-state index contributed by atoms with van der Waals surface area (Å²) in [5.74, 6) is 0.0714. The minimum Gasteiger partial charge on any atom is -0.371 e. The van der Waals surface area contributed by atoms with Crippen LogP contribution < -0.4 is 0 Å². The van der Waals surface area contributed by atoms with Gasteiger partial charge in [-0.15, -0.1) is 0 Å². The number of fused-ring (bicyclic) bond motifs is 2. The summed E-state index contributed by atoms with van der Waals surface area (Å²) < 4.78 is 6.69. The van der Waals surface area contributed by atoms with Crippen molar-refractivity contribution in [2.75, 3.05) is 13.1 Å². The summed E-state index contributed by atoms with van der Waals surface area (Å²) >= 11 is 8.15. The van der Waals surface area contributed by atoms with E-state index in [1.807, 2.05) is 17.0 Å². The van der Waals surface area contributed by atoms with Crippen molar-refractivity contribution in [2.45, 2.75) is 25.0 Å². The highest BCUT2D eigenvalue weighted by molar-refractivity contribution is 14.1. The fourth-order valence-corrected chi connectivity index (χ4v) is 3.35. The van der Waals surface area contributed by atoms with Gasteiger partial charge in [-0.05, 0) is 53.6 Å². The van der Waals surface area contributed by atoms with Crippen LogP contribution in [-0.4, -0.2) is 36.1 Å². The third kappa shape index (κ3) is 2.38. The zero-order valence-corrected chi connectivity index (χ0v) is 12.6. The number of nitrogens with zero attached hydrogens (tertiary/aromatic N) is 1. The van der Waals surface area contributed by atoms with Crippen molar-refractivity contribution < 1.29 is 9.53 Å². The van der Waals surface area contributed by atoms with Gasteiger partial charge in [-0.25, -0.2) is 0 Å². The van der Waals surface area contributed by atoms with E-state index in [2.05, 4.69) is 22.6 Å². The van der Waals surface area contributed by atoms with Crippen molar-refractivity contribution in [1.29, 1.82) is 0 Å². The molecule has 1 aromatic carbocycles. The predicted octanol–water partition coefficient (Wildman–Crippen LogP) is 2.95. The molecule has 2 aliphatic heterocycles. The van der Waals surface area contributed by atoms with Crippen molar-refractivity contribution in [3.8, 4) is 0 Å². The van der Waals surface area contributed by atoms with Gasteiger partial charge in [0.2, 0.25) is 0 Å². The van der Waals surface area contributed by atoms with E-state index in [9.17, 15) is 4.79 Å². The van der Waals surface area contributed by atoms with Gasteiger partial charge in [-0.2, -0.15) is 0 Å². The third-order valence-corrected chi connectivity index (χ3v) is 4.67. The lowest BCUT2D eigenvalue weighted by molar-refractivity contribution is -0.0303. The van der Waals surface area contributed by atoms with Gasteiger partial charge in [0, 0.05) is 21.7 Å². The van der Waals surface area contributed by atoms with Crippen molar-refractivity contribution >= 4 is 40.1 Å². The standard InChI is InChI=1S/C13H13ClINO2/c14-8-1-4-12(15)11(5-8)13(17)16-6-9-2-3-10(7-16)18-9/h1,4-5,9-10H,2-3,6-7H2. The molecule has 2 fully saturated rings. The van der Waals surface area contributed by atoms with Gasteiger partial charge in [-0.3, -0.25) is 4.79 Å². The summed E-state index contributed by atoms with van der Waals surface area (Å²) in [5.41, 5.74) is 0.699. The highest BCUT2D eigenvalue weighted by atomic mass is 127. The molecule has 96 valence electrons. The Morgan fingerprint density at radius 1 is 1.33 bits per heavy atom. The zero-order valence-electron chi connectivity index (χ0n) is 9.73. The first-order valence-corrected chi connectivity index (χ1v) is 7.49. The van der Waals surface area contributed by atoms with Crippen LogP contribution in [0.4, 0.5) is 0 Å². The van der Waals surface area contributed by atoms with Crippen LogP contribution >= 0.6 is 34.2 Å². The van der Waals surface area contributed by atoms with Gasteiger partial charge >= 0.3 is 0 Å². The van der Waals surface area contributed by atoms with E-state index in [-0.39, 0.29) is 18.1 Å². The van der Waals surface area contributed by atoms with Crippen LogP contribution in [-0.2, 0) is 4.74 Å². The largest absolute Gasteiger partial charge is 0.371 e. The highest BCUT2D eigenvalue weighted by Crippen LogP contribution is 2.28. The topological polar surface area (TPSA) is 29.5 Å². The lowest BCUT2D eigenvalue weighted by Gasteiger charge is -2.32. The first-order chi connectivity index (χ1) is 8.63. The SMILES string of the molecule is O=C(c1cc(Cl)ccc1I)N1CC2CCC(C1)O2. The second-order valence-corrected chi connectivity index (χ2v) is 6.39. The van der Waals surface area contributed by atoms with Crippen LogP contribution in [0.5, 0.6) is 0 Å². The fourth-order valence-electron chi connectivity index (χ4n) is 2.61. The fraction of sp³-hybridized carbons (Fsp3) is 0.462. The van der Waals surface area contributed by atoms with Gasteiger partial charge in [0.25, 0.3) is 5.91 Å². The quantitative estimate of drug-likeness (QED) is 0.704. The Bertz CT molecular complexity index is 482. The monoisotopic (exact) mass is 377 g/mol. The molecule has 1 amide bonds. The summed E-state index contributed by atoms with van der Waals surface area (Å²) in [6, 6.07) is 5.44. The molecule has 3 nitrogen and oxygen atoms in total. The lowest BCUT2D eigenvalue weighted by atomic mass is 10.2. The van der Waals surface area contributed by atoms with Gasteiger partial charge in [0.15, 0.2) is 0 Å². The van der Waals surface area contributed by atoms with Crippen LogP contribution in [0.2, 0.25) is 5.02 Å². The summed E-state index contributed by atoms with van der Waals surface area (Å²) in [7, 11) is 0. The Hall–Kier alpha value is -0.330. The Balaban J connectivity index is 1.84. The average Bonchev–Trinajstić information content (AvgIpc) is 2.70. The predicted molar refractivity (Wildman–Crippen MR) is 78.0 cm³/mol. The molecule has 2 heterocycles. The number of rotatable bonds is 1. The van der Waals surface area contributed by atoms with E-state index in [1.165, 1.54) is 0 Å². The smallest absolute Gasteiger partial charge is 0.255 e. The molecule has 2 unspecified atom stereocenters. The number of hydrogen-bond acceptors (Lipinski definition) is 2. The van der Waals surface area contributed by atoms with Gasteiger partial charge < -0.3 is 9.64 Å². The molecule has 1 aromatic rings. The van der Waals surface area contributed by atoms with Crippen LogP contribution in [0.1, 0.15) is 23.2 Å². The maximum atomic E-state index is 12.5. The molecule has 18 heavy (non-hydrogen) atoms. The van der Waals surface area contributed by atoms with Crippen LogP contribution in [0.15, 0.2) is 18.2 Å². The van der Waals surface area contributed by atoms with Gasteiger partial charge in [-0.1, -0.05) is 11.6 Å². The van der Waals surface area contributed by atoms with Crippen LogP contribution in [0.3, 0.4) is 0 Å². The van der Waals surface area contributed by atoms with Gasteiger partial charge in [0.05, 0.1) is 17.8 Å². The molecule has 2 saturated heterocycles. The number of likely N-dealkylation sites (tertiary alicyclic amines) is 1. The van der Waals surface area contributed by atoms with Gasteiger partial charge in [0.1, 0.15) is 0 Å². The molecule has 2 atom stereocenters. The highest BCUT2D eigenvalue weighted by Gasteiger charge is 2.36. The molecule has 3 rings (SSSR count). The maximum Gasteiger partial charge on any atom is 0.255 e. The van der Waals surface area contributed by atoms with E-state index >= 15 is 0 Å². The van der Waals surface area contributed by atoms with E-state index in [0.29, 0.717) is 23.7 Å². The first kappa shape index (κ1) is 12.7. The first-order valence-electron chi connectivity index (χ1n) is 6.03. The van der Waals surface area contributed by atoms with E-state index < -0.39 is 0 Å². The summed E-state index contributed by atoms with van der Waals surface area (Å²) in [5, 5.41) is 0.606. The molecule has 5 heteroatoms. The van der Waals surface area contributed by atoms with Crippen molar-refractivity contribution in [1.82, 2.24) is 4.90 Å². The second kappa shape index (κ2) is 4.98. The number of halogens is 2. The van der Waals surface area contributed by atoms with Crippen molar-refractivity contribution in [3.63, 3.8) is 0 Å². The third-order valence-electron chi connectivity index (χ3n) is 3.49. The van der Waals surface area contributed by atoms with E-state index in [1.54, 1.807) is 6.07 Å². The minimum absolute atomic E-state index is 0.0714. The molecule has 2 bridgehead atoms. The number of morpholine rings is 1. The molecule has 0 aromatic heterocycles. The summed E-state index contributed by atoms with van der Waals surface area (Å²) in [6.07, 6.45) is 2.59. The summed E-state index contributed by atoms with van der Waals surface area (Å²) in [4.78, 5) is 14.4. The number of hydrogen-bond donors (Lipinski definition) is 0. The zero-order chi connectivity index (χ0) is 12.7. The second-order valence-electron chi connectivity index (χ2n) is 4.79. The molecule has 0 N–H and O–H groups in total. The number of benzene rings is 1. The number of amides is 1. The Labute approximate surface area is 125 Å². The molecular weight excluding hydrogens is 365 g/mol. The van der Waals surface area contributed by atoms with E-state index in [4.69, 9.17) is 16.3 Å². The average molecular weight is 378 g/mol. The lowest BCUT2D eigenvalue weighted by Crippen LogP contribution is -2.46. The van der Waals surface area contributed by atoms with Crippen LogP contribution in [0.25, 0.3) is 0 Å². The molecule has 2 aliphatic rings. The molecule has 0 radical (unpaired) electrons. The minimum atomic E-state index is 0.0714. The normalized spacial score (nSPS) is 26.4. The molecule has 0 saturated carbocycles. The van der Waals surface area contributed by atoms with Crippen molar-refractivity contribution in [2.24, 2.45) is 0 Å². The van der Waals surface area contributed by atoms with Crippen LogP contribution in [0, 0.1) is 3.57 Å². The van der Waals surface area contributed by atoms with E-state index in [0.717, 1.165) is 16.4 Å². The molecular formula is C13H13ClINO2. The maximum absolute atomic E-state index is 12.5. The Kier molecular flexibility index (Phi) is 3.51. The Morgan fingerprint density at radius 2 is 2.00 bits per heavy atom.